The molecule has 1 aromatic rings. The Kier molecular flexibility index (Phi) is 4.87. The fourth-order valence-corrected chi connectivity index (χ4v) is 2.93. The molecule has 2 atom stereocenters. The van der Waals surface area contributed by atoms with Crippen molar-refractivity contribution in [3.63, 3.8) is 0 Å². The van der Waals surface area contributed by atoms with Gasteiger partial charge in [0.1, 0.15) is 0 Å². The van der Waals surface area contributed by atoms with Crippen molar-refractivity contribution in [3.05, 3.63) is 33.3 Å². The number of amides is 1. The quantitative estimate of drug-likeness (QED) is 0.894. The van der Waals surface area contributed by atoms with Gasteiger partial charge in [0.05, 0.1) is 5.02 Å². The Morgan fingerprint density at radius 1 is 1.58 bits per heavy atom. The molecule has 1 amide bonds. The summed E-state index contributed by atoms with van der Waals surface area (Å²) < 4.78 is 0.751. The van der Waals surface area contributed by atoms with Crippen LogP contribution >= 0.6 is 27.5 Å². The van der Waals surface area contributed by atoms with Crippen LogP contribution in [0, 0.1) is 5.92 Å². The maximum absolute atomic E-state index is 12.5. The number of piperidine rings is 1. The Labute approximate surface area is 127 Å². The Balaban J connectivity index is 2.12. The molecule has 0 spiro atoms. The van der Waals surface area contributed by atoms with Gasteiger partial charge in [0.2, 0.25) is 0 Å². The lowest BCUT2D eigenvalue weighted by Crippen LogP contribution is -2.45. The average Bonchev–Trinajstić information content (AvgIpc) is 2.41. The second-order valence-corrected chi connectivity index (χ2v) is 6.40. The minimum Gasteiger partial charge on any atom is -0.338 e. The number of benzene rings is 1. The van der Waals surface area contributed by atoms with E-state index < -0.39 is 0 Å². The number of hydrogen-bond donors (Lipinski definition) is 1. The predicted octanol–water partition coefficient (Wildman–Crippen LogP) is 3.30. The second-order valence-electron chi connectivity index (χ2n) is 5.14. The normalized spacial score (nSPS) is 21.3. The van der Waals surface area contributed by atoms with E-state index in [4.69, 9.17) is 17.3 Å². The van der Waals surface area contributed by atoms with E-state index in [0.29, 0.717) is 16.5 Å². The number of nitrogens with two attached hydrogens (primary N) is 1. The van der Waals surface area contributed by atoms with Gasteiger partial charge in [0.15, 0.2) is 0 Å². The Hall–Kier alpha value is -0.580. The lowest BCUT2D eigenvalue weighted by atomic mass is 9.92. The third-order valence-corrected chi connectivity index (χ3v) is 4.87. The maximum atomic E-state index is 12.5. The molecule has 104 valence electrons. The van der Waals surface area contributed by atoms with Crippen molar-refractivity contribution in [3.8, 4) is 0 Å². The number of nitrogens with zero attached hydrogens (tertiary/aromatic N) is 1. The smallest absolute Gasteiger partial charge is 0.253 e. The number of hydrogen-bond acceptors (Lipinski definition) is 2. The van der Waals surface area contributed by atoms with Crippen LogP contribution < -0.4 is 5.73 Å². The summed E-state index contributed by atoms with van der Waals surface area (Å²) in [4.78, 5) is 14.3. The molecule has 0 bridgehead atoms. The van der Waals surface area contributed by atoms with Crippen molar-refractivity contribution in [1.82, 2.24) is 4.90 Å². The highest BCUT2D eigenvalue weighted by atomic mass is 79.9. The number of likely N-dealkylation sites (tertiary alicyclic amines) is 1. The Morgan fingerprint density at radius 3 is 2.95 bits per heavy atom. The average molecular weight is 346 g/mol. The van der Waals surface area contributed by atoms with E-state index >= 15 is 0 Å². The van der Waals surface area contributed by atoms with E-state index in [1.54, 1.807) is 18.2 Å². The molecule has 5 heteroatoms. The molecule has 0 radical (unpaired) electrons. The Morgan fingerprint density at radius 2 is 2.32 bits per heavy atom. The summed E-state index contributed by atoms with van der Waals surface area (Å²) in [5, 5.41) is 0.614. The van der Waals surface area contributed by atoms with Crippen molar-refractivity contribution < 1.29 is 4.79 Å². The van der Waals surface area contributed by atoms with Gasteiger partial charge in [0.25, 0.3) is 5.91 Å². The van der Waals surface area contributed by atoms with Gasteiger partial charge in [-0.3, -0.25) is 4.79 Å². The Bertz CT molecular complexity index is 479. The summed E-state index contributed by atoms with van der Waals surface area (Å²) in [6.45, 7) is 3.57. The van der Waals surface area contributed by atoms with Gasteiger partial charge < -0.3 is 10.6 Å². The van der Waals surface area contributed by atoms with Crippen molar-refractivity contribution in [2.24, 2.45) is 11.7 Å². The van der Waals surface area contributed by atoms with Gasteiger partial charge in [-0.2, -0.15) is 0 Å². The number of rotatable bonds is 2. The standard InChI is InChI=1S/C14H18BrClN2O/c1-9(17)11-3-2-6-18(8-11)14(19)10-4-5-13(16)12(15)7-10/h4-5,7,9,11H,2-3,6,8,17H2,1H3. The van der Waals surface area contributed by atoms with Crippen LogP contribution in [0.25, 0.3) is 0 Å². The topological polar surface area (TPSA) is 46.3 Å². The zero-order valence-corrected chi connectivity index (χ0v) is 13.2. The molecule has 1 saturated heterocycles. The molecule has 19 heavy (non-hydrogen) atoms. The first-order valence-electron chi connectivity index (χ1n) is 6.49. The maximum Gasteiger partial charge on any atom is 0.253 e. The summed E-state index contributed by atoms with van der Waals surface area (Å²) in [6.07, 6.45) is 2.12. The molecule has 0 aromatic heterocycles. The van der Waals surface area contributed by atoms with Crippen LogP contribution in [-0.4, -0.2) is 29.9 Å². The highest BCUT2D eigenvalue weighted by Gasteiger charge is 2.26. The van der Waals surface area contributed by atoms with Gasteiger partial charge in [-0.25, -0.2) is 0 Å². The summed E-state index contributed by atoms with van der Waals surface area (Å²) in [6, 6.07) is 5.42. The zero-order valence-electron chi connectivity index (χ0n) is 10.9. The number of carbonyl (C=O) groups is 1. The fourth-order valence-electron chi connectivity index (χ4n) is 2.44. The lowest BCUT2D eigenvalue weighted by Gasteiger charge is -2.34. The minimum atomic E-state index is 0.0581. The largest absolute Gasteiger partial charge is 0.338 e. The molecule has 2 unspecified atom stereocenters. The molecule has 2 N–H and O–H groups in total. The van der Waals surface area contributed by atoms with Gasteiger partial charge in [-0.15, -0.1) is 0 Å². The van der Waals surface area contributed by atoms with Crippen LogP contribution in [0.5, 0.6) is 0 Å². The molecule has 2 rings (SSSR count). The van der Waals surface area contributed by atoms with Crippen molar-refractivity contribution in [1.29, 1.82) is 0 Å². The first kappa shape index (κ1) is 14.8. The molecular formula is C14H18BrClN2O. The van der Waals surface area contributed by atoms with E-state index in [1.165, 1.54) is 0 Å². The molecule has 1 aliphatic heterocycles. The van der Waals surface area contributed by atoms with Gasteiger partial charge >= 0.3 is 0 Å². The van der Waals surface area contributed by atoms with Crippen molar-refractivity contribution in [2.45, 2.75) is 25.8 Å². The van der Waals surface area contributed by atoms with E-state index in [2.05, 4.69) is 15.9 Å². The van der Waals surface area contributed by atoms with Crippen LogP contribution in [0.4, 0.5) is 0 Å². The van der Waals surface area contributed by atoms with E-state index in [1.807, 2.05) is 11.8 Å². The van der Waals surface area contributed by atoms with Crippen molar-refractivity contribution in [2.75, 3.05) is 13.1 Å². The van der Waals surface area contributed by atoms with Gasteiger partial charge in [-0.1, -0.05) is 11.6 Å². The monoisotopic (exact) mass is 344 g/mol. The SMILES string of the molecule is CC(N)C1CCCN(C(=O)c2ccc(Cl)c(Br)c2)C1. The summed E-state index contributed by atoms with van der Waals surface area (Å²) in [7, 11) is 0. The molecule has 3 nitrogen and oxygen atoms in total. The van der Waals surface area contributed by atoms with Gasteiger partial charge in [-0.05, 0) is 59.8 Å². The predicted molar refractivity (Wildman–Crippen MR) is 81.4 cm³/mol. The van der Waals surface area contributed by atoms with Crippen LogP contribution in [0.15, 0.2) is 22.7 Å². The highest BCUT2D eigenvalue weighted by molar-refractivity contribution is 9.10. The zero-order chi connectivity index (χ0) is 14.0. The minimum absolute atomic E-state index is 0.0581. The molecular weight excluding hydrogens is 328 g/mol. The lowest BCUT2D eigenvalue weighted by molar-refractivity contribution is 0.0661. The molecule has 0 saturated carbocycles. The first-order valence-corrected chi connectivity index (χ1v) is 7.66. The number of carbonyl (C=O) groups excluding carboxylic acids is 1. The third-order valence-electron chi connectivity index (χ3n) is 3.66. The summed E-state index contributed by atoms with van der Waals surface area (Å²) in [5.41, 5.74) is 6.62. The van der Waals surface area contributed by atoms with Gasteiger partial charge in [0, 0.05) is 29.2 Å². The van der Waals surface area contributed by atoms with Crippen LogP contribution in [0.2, 0.25) is 5.02 Å². The summed E-state index contributed by atoms with van der Waals surface area (Å²) >= 11 is 9.30. The van der Waals surface area contributed by atoms with E-state index in [9.17, 15) is 4.79 Å². The van der Waals surface area contributed by atoms with Crippen LogP contribution in [-0.2, 0) is 0 Å². The molecule has 1 aliphatic rings. The highest BCUT2D eigenvalue weighted by Crippen LogP contribution is 2.25. The first-order chi connectivity index (χ1) is 8.99. The fraction of sp³-hybridized carbons (Fsp3) is 0.500. The van der Waals surface area contributed by atoms with Crippen molar-refractivity contribution >= 4 is 33.4 Å². The third kappa shape index (κ3) is 3.50. The molecule has 1 fully saturated rings. The summed E-state index contributed by atoms with van der Waals surface area (Å²) in [5.74, 6) is 0.455. The molecule has 1 aromatic carbocycles. The van der Waals surface area contributed by atoms with E-state index in [-0.39, 0.29) is 11.9 Å². The molecule has 1 heterocycles. The van der Waals surface area contributed by atoms with Crippen LogP contribution in [0.3, 0.4) is 0 Å². The number of halogens is 2. The second kappa shape index (κ2) is 6.25. The molecule has 0 aliphatic carbocycles. The van der Waals surface area contributed by atoms with Crippen LogP contribution in [0.1, 0.15) is 30.1 Å². The van der Waals surface area contributed by atoms with E-state index in [0.717, 1.165) is 30.4 Å².